The van der Waals surface area contributed by atoms with Crippen molar-refractivity contribution in [1.82, 2.24) is 15.0 Å². The van der Waals surface area contributed by atoms with Crippen molar-refractivity contribution in [3.8, 4) is 0 Å². The van der Waals surface area contributed by atoms with Gasteiger partial charge in [-0.25, -0.2) is 15.0 Å². The lowest BCUT2D eigenvalue weighted by Gasteiger charge is -2.30. The highest BCUT2D eigenvalue weighted by molar-refractivity contribution is 6.05. The Morgan fingerprint density at radius 3 is 2.71 bits per heavy atom. The van der Waals surface area contributed by atoms with E-state index in [0.717, 1.165) is 66.3 Å². The number of para-hydroxylation sites is 1. The first-order valence-corrected chi connectivity index (χ1v) is 8.25. The summed E-state index contributed by atoms with van der Waals surface area (Å²) < 4.78 is 6.03. The standard InChI is InChI=1S/C17H21N5O.ClH/c1-3-14-18-15-12-6-4-5-7-13(12)23-16(15)17(19-14)20-22-10-8-21(2)9-11-22;/h4-7H,3,8-11H2,1-2H3,(H,18,19,20);1H. The van der Waals surface area contributed by atoms with Gasteiger partial charge in [-0.15, -0.1) is 0 Å². The quantitative estimate of drug-likeness (QED) is 0.579. The third-order valence-electron chi connectivity index (χ3n) is 4.46. The van der Waals surface area contributed by atoms with E-state index in [4.69, 9.17) is 4.42 Å². The van der Waals surface area contributed by atoms with E-state index >= 15 is 0 Å². The number of rotatable bonds is 3. The number of aromatic nitrogens is 2. The first kappa shape index (κ1) is 17.0. The Morgan fingerprint density at radius 1 is 1.21 bits per heavy atom. The lowest BCUT2D eigenvalue weighted by Crippen LogP contribution is -3.12. The number of furan rings is 1. The number of nitrogens with one attached hydrogen (secondary N) is 2. The molecule has 3 aromatic rings. The maximum atomic E-state index is 6.03. The number of aryl methyl sites for hydroxylation is 1. The molecule has 1 aliphatic rings. The molecule has 0 unspecified atom stereocenters. The maximum Gasteiger partial charge on any atom is 0.197 e. The molecular weight excluding hydrogens is 326 g/mol. The zero-order valence-corrected chi connectivity index (χ0v) is 14.7. The van der Waals surface area contributed by atoms with Crippen LogP contribution in [-0.2, 0) is 6.42 Å². The van der Waals surface area contributed by atoms with E-state index in [1.165, 1.54) is 0 Å². The average Bonchev–Trinajstić information content (AvgIpc) is 2.96. The highest BCUT2D eigenvalue weighted by Gasteiger charge is 2.20. The molecule has 4 rings (SSSR count). The summed E-state index contributed by atoms with van der Waals surface area (Å²) in [7, 11) is 2.23. The van der Waals surface area contributed by atoms with Gasteiger partial charge in [-0.1, -0.05) is 19.1 Å². The summed E-state index contributed by atoms with van der Waals surface area (Å²) in [6.07, 6.45) is 0.803. The van der Waals surface area contributed by atoms with Crippen molar-refractivity contribution in [1.29, 1.82) is 0 Å². The SMILES string of the molecule is CCc1nc(NN2CC[NH+](C)CC2)c2oc3ccccc3c2n1.[Cl-]. The number of benzene rings is 1. The molecule has 1 saturated heterocycles. The minimum atomic E-state index is 0. The van der Waals surface area contributed by atoms with Gasteiger partial charge in [0, 0.05) is 11.8 Å². The van der Waals surface area contributed by atoms with Crippen LogP contribution in [0.4, 0.5) is 5.82 Å². The molecule has 128 valence electrons. The van der Waals surface area contributed by atoms with E-state index < -0.39 is 0 Å². The van der Waals surface area contributed by atoms with Gasteiger partial charge in [0.25, 0.3) is 0 Å². The van der Waals surface area contributed by atoms with E-state index in [2.05, 4.69) is 40.4 Å². The predicted molar refractivity (Wildman–Crippen MR) is 90.5 cm³/mol. The fourth-order valence-electron chi connectivity index (χ4n) is 3.02. The maximum absolute atomic E-state index is 6.03. The number of hydrogen-bond donors (Lipinski definition) is 2. The Hall–Kier alpha value is -1.89. The average molecular weight is 348 g/mol. The second kappa shape index (κ2) is 6.93. The van der Waals surface area contributed by atoms with E-state index in [1.807, 2.05) is 18.2 Å². The van der Waals surface area contributed by atoms with Crippen LogP contribution in [-0.4, -0.2) is 48.2 Å². The minimum absolute atomic E-state index is 0. The van der Waals surface area contributed by atoms with Crippen molar-refractivity contribution in [3.05, 3.63) is 30.1 Å². The Balaban J connectivity index is 0.00000169. The van der Waals surface area contributed by atoms with Crippen LogP contribution in [0.25, 0.3) is 22.1 Å². The van der Waals surface area contributed by atoms with Crippen LogP contribution in [0.5, 0.6) is 0 Å². The van der Waals surface area contributed by atoms with Crippen molar-refractivity contribution in [2.24, 2.45) is 0 Å². The van der Waals surface area contributed by atoms with Crippen LogP contribution in [0, 0.1) is 0 Å². The molecule has 6 nitrogen and oxygen atoms in total. The summed E-state index contributed by atoms with van der Waals surface area (Å²) >= 11 is 0. The van der Waals surface area contributed by atoms with Crippen molar-refractivity contribution < 1.29 is 21.7 Å². The summed E-state index contributed by atoms with van der Waals surface area (Å²) in [5.41, 5.74) is 5.96. The zero-order valence-electron chi connectivity index (χ0n) is 14.0. The molecule has 0 saturated carbocycles. The number of fused-ring (bicyclic) bond motifs is 3. The highest BCUT2D eigenvalue weighted by Crippen LogP contribution is 2.31. The number of nitrogens with zero attached hydrogens (tertiary/aromatic N) is 3. The van der Waals surface area contributed by atoms with Gasteiger partial charge in [-0.2, -0.15) is 0 Å². The van der Waals surface area contributed by atoms with E-state index in [1.54, 1.807) is 4.90 Å². The number of quaternary nitrogens is 1. The normalized spacial score (nSPS) is 16.4. The van der Waals surface area contributed by atoms with Crippen molar-refractivity contribution >= 4 is 27.9 Å². The van der Waals surface area contributed by atoms with Crippen LogP contribution < -0.4 is 22.7 Å². The predicted octanol–water partition coefficient (Wildman–Crippen LogP) is -1.90. The van der Waals surface area contributed by atoms with Crippen LogP contribution in [0.2, 0.25) is 0 Å². The number of hydrazine groups is 1. The molecule has 1 fully saturated rings. The Morgan fingerprint density at radius 2 is 1.96 bits per heavy atom. The second-order valence-electron chi connectivity index (χ2n) is 6.17. The lowest BCUT2D eigenvalue weighted by atomic mass is 10.2. The molecule has 0 bridgehead atoms. The summed E-state index contributed by atoms with van der Waals surface area (Å²) in [6.45, 7) is 6.33. The number of halogens is 1. The molecule has 3 heterocycles. The first-order chi connectivity index (χ1) is 11.2. The highest BCUT2D eigenvalue weighted by atomic mass is 35.5. The van der Waals surface area contributed by atoms with Crippen LogP contribution in [0.15, 0.2) is 28.7 Å². The molecular formula is C17H22ClN5O. The van der Waals surface area contributed by atoms with Gasteiger partial charge >= 0.3 is 0 Å². The molecule has 1 aliphatic heterocycles. The largest absolute Gasteiger partial charge is 1.00 e. The molecule has 0 amide bonds. The minimum Gasteiger partial charge on any atom is -1.00 e. The number of likely N-dealkylation sites (N-methyl/N-ethyl adjacent to an activating group) is 1. The van der Waals surface area contributed by atoms with Crippen LogP contribution in [0.1, 0.15) is 12.7 Å². The zero-order chi connectivity index (χ0) is 15.8. The fraction of sp³-hybridized carbons (Fsp3) is 0.412. The topological polar surface area (TPSA) is 58.6 Å². The Bertz CT molecular complexity index is 841. The first-order valence-electron chi connectivity index (χ1n) is 8.25. The third kappa shape index (κ3) is 3.05. The second-order valence-corrected chi connectivity index (χ2v) is 6.17. The molecule has 0 radical (unpaired) electrons. The van der Waals surface area contributed by atoms with Gasteiger partial charge in [0.15, 0.2) is 11.4 Å². The van der Waals surface area contributed by atoms with Gasteiger partial charge in [0.2, 0.25) is 0 Å². The molecule has 2 N–H and O–H groups in total. The third-order valence-corrected chi connectivity index (χ3v) is 4.46. The molecule has 0 atom stereocenters. The summed E-state index contributed by atoms with van der Waals surface area (Å²) in [5, 5.41) is 3.27. The van der Waals surface area contributed by atoms with Crippen molar-refractivity contribution in [2.75, 3.05) is 38.7 Å². The smallest absolute Gasteiger partial charge is 0.197 e. The fourth-order valence-corrected chi connectivity index (χ4v) is 3.02. The summed E-state index contributed by atoms with van der Waals surface area (Å²) in [4.78, 5) is 10.9. The van der Waals surface area contributed by atoms with Crippen molar-refractivity contribution in [2.45, 2.75) is 13.3 Å². The molecule has 0 spiro atoms. The van der Waals surface area contributed by atoms with E-state index in [9.17, 15) is 0 Å². The van der Waals surface area contributed by atoms with Gasteiger partial charge in [-0.05, 0) is 12.1 Å². The number of anilines is 1. The Labute approximate surface area is 147 Å². The molecule has 0 aliphatic carbocycles. The Kier molecular flexibility index (Phi) is 4.89. The monoisotopic (exact) mass is 347 g/mol. The number of piperazine rings is 1. The summed E-state index contributed by atoms with van der Waals surface area (Å²) in [6, 6.07) is 8.03. The lowest BCUT2D eigenvalue weighted by molar-refractivity contribution is -0.884. The van der Waals surface area contributed by atoms with E-state index in [-0.39, 0.29) is 12.4 Å². The number of hydrogen-bond acceptors (Lipinski definition) is 5. The van der Waals surface area contributed by atoms with Gasteiger partial charge in [-0.3, -0.25) is 5.43 Å². The summed E-state index contributed by atoms with van der Waals surface area (Å²) in [5.74, 6) is 1.62. The molecule has 24 heavy (non-hydrogen) atoms. The van der Waals surface area contributed by atoms with Crippen LogP contribution in [0.3, 0.4) is 0 Å². The van der Waals surface area contributed by atoms with Gasteiger partial charge in [0.1, 0.15) is 16.9 Å². The molecule has 1 aromatic carbocycles. The van der Waals surface area contributed by atoms with Gasteiger partial charge in [0.05, 0.1) is 33.2 Å². The van der Waals surface area contributed by atoms with Crippen LogP contribution >= 0.6 is 0 Å². The molecule has 7 heteroatoms. The van der Waals surface area contributed by atoms with Gasteiger partial charge < -0.3 is 21.7 Å². The van der Waals surface area contributed by atoms with E-state index in [0.29, 0.717) is 0 Å². The van der Waals surface area contributed by atoms with Crippen molar-refractivity contribution in [3.63, 3.8) is 0 Å². The molecule has 2 aromatic heterocycles.